The Labute approximate surface area is 129 Å². The van der Waals surface area contributed by atoms with Crippen molar-refractivity contribution in [3.05, 3.63) is 63.5 Å². The van der Waals surface area contributed by atoms with Crippen LogP contribution in [0, 0.1) is 5.82 Å². The zero-order chi connectivity index (χ0) is 15.7. The van der Waals surface area contributed by atoms with Crippen molar-refractivity contribution in [3.63, 3.8) is 0 Å². The first kappa shape index (κ1) is 14.9. The SMILES string of the molecule is O=c1[nH]c2ccc(S(=O)(=O)NCc3ccc(F)cc3)cc2s1. The van der Waals surface area contributed by atoms with Gasteiger partial charge in [0.05, 0.1) is 15.1 Å². The number of fused-ring (bicyclic) bond motifs is 1. The molecule has 1 heterocycles. The molecule has 1 aromatic heterocycles. The van der Waals surface area contributed by atoms with Crippen molar-refractivity contribution in [2.24, 2.45) is 0 Å². The van der Waals surface area contributed by atoms with E-state index in [1.165, 1.54) is 36.4 Å². The number of hydrogen-bond donors (Lipinski definition) is 2. The number of H-pyrrole nitrogens is 1. The number of aromatic nitrogens is 1. The summed E-state index contributed by atoms with van der Waals surface area (Å²) in [5.74, 6) is -0.376. The highest BCUT2D eigenvalue weighted by molar-refractivity contribution is 7.89. The quantitative estimate of drug-likeness (QED) is 0.765. The average molecular weight is 338 g/mol. The lowest BCUT2D eigenvalue weighted by atomic mass is 10.2. The molecule has 0 aliphatic carbocycles. The smallest absolute Gasteiger partial charge is 0.305 e. The molecule has 0 aliphatic heterocycles. The van der Waals surface area contributed by atoms with E-state index in [-0.39, 0.29) is 22.1 Å². The lowest BCUT2D eigenvalue weighted by molar-refractivity contribution is 0.581. The number of halogens is 1. The first-order valence-corrected chi connectivity index (χ1v) is 8.61. The molecule has 3 rings (SSSR count). The van der Waals surface area contributed by atoms with Crippen molar-refractivity contribution in [2.45, 2.75) is 11.4 Å². The topological polar surface area (TPSA) is 79.0 Å². The van der Waals surface area contributed by atoms with Crippen LogP contribution in [0.1, 0.15) is 5.56 Å². The summed E-state index contributed by atoms with van der Waals surface area (Å²) in [6, 6.07) is 10.0. The van der Waals surface area contributed by atoms with Crippen molar-refractivity contribution in [3.8, 4) is 0 Å². The Morgan fingerprint density at radius 1 is 1.14 bits per heavy atom. The third-order valence-electron chi connectivity index (χ3n) is 3.08. The highest BCUT2D eigenvalue weighted by atomic mass is 32.2. The summed E-state index contributed by atoms with van der Waals surface area (Å²) in [5, 5.41) is 0. The maximum absolute atomic E-state index is 12.8. The van der Waals surface area contributed by atoms with Crippen molar-refractivity contribution < 1.29 is 12.8 Å². The van der Waals surface area contributed by atoms with Crippen LogP contribution in [-0.2, 0) is 16.6 Å². The Balaban J connectivity index is 1.84. The monoisotopic (exact) mass is 338 g/mol. The Bertz CT molecular complexity index is 975. The molecule has 2 N–H and O–H groups in total. The van der Waals surface area contributed by atoms with E-state index < -0.39 is 10.0 Å². The van der Waals surface area contributed by atoms with Crippen LogP contribution >= 0.6 is 11.3 Å². The predicted octanol–water partition coefficient (Wildman–Crippen LogP) is 2.21. The fourth-order valence-electron chi connectivity index (χ4n) is 1.96. The van der Waals surface area contributed by atoms with Crippen LogP contribution in [0.5, 0.6) is 0 Å². The van der Waals surface area contributed by atoms with Crippen molar-refractivity contribution in [1.29, 1.82) is 0 Å². The summed E-state index contributed by atoms with van der Waals surface area (Å²) in [6.07, 6.45) is 0. The second-order valence-corrected chi connectivity index (χ2v) is 7.41. The first-order valence-electron chi connectivity index (χ1n) is 6.31. The minimum absolute atomic E-state index is 0.0595. The number of thiazole rings is 1. The van der Waals surface area contributed by atoms with Crippen LogP contribution in [0.25, 0.3) is 10.2 Å². The maximum atomic E-state index is 12.8. The maximum Gasteiger partial charge on any atom is 0.305 e. The highest BCUT2D eigenvalue weighted by Crippen LogP contribution is 2.19. The van der Waals surface area contributed by atoms with Crippen molar-refractivity contribution >= 4 is 31.6 Å². The third kappa shape index (κ3) is 3.08. The van der Waals surface area contributed by atoms with E-state index in [2.05, 4.69) is 9.71 Å². The molecule has 5 nitrogen and oxygen atoms in total. The number of rotatable bonds is 4. The van der Waals surface area contributed by atoms with Gasteiger partial charge in [0, 0.05) is 6.54 Å². The molecule has 8 heteroatoms. The molecular weight excluding hydrogens is 327 g/mol. The second kappa shape index (κ2) is 5.64. The lowest BCUT2D eigenvalue weighted by Crippen LogP contribution is -2.23. The fraction of sp³-hybridized carbons (Fsp3) is 0.0714. The van der Waals surface area contributed by atoms with Gasteiger partial charge in [-0.2, -0.15) is 0 Å². The number of nitrogens with one attached hydrogen (secondary N) is 2. The van der Waals surface area contributed by atoms with Gasteiger partial charge in [-0.3, -0.25) is 4.79 Å². The molecule has 114 valence electrons. The van der Waals surface area contributed by atoms with Crippen molar-refractivity contribution in [2.75, 3.05) is 0 Å². The van der Waals surface area contributed by atoms with Gasteiger partial charge in [0.1, 0.15) is 5.82 Å². The highest BCUT2D eigenvalue weighted by Gasteiger charge is 2.15. The Hall–Kier alpha value is -2.03. The molecule has 3 aromatic rings. The number of sulfonamides is 1. The minimum atomic E-state index is -3.70. The van der Waals surface area contributed by atoms with E-state index >= 15 is 0 Å². The molecule has 0 bridgehead atoms. The summed E-state index contributed by atoms with van der Waals surface area (Å²) < 4.78 is 40.3. The zero-order valence-electron chi connectivity index (χ0n) is 11.2. The molecule has 0 amide bonds. The first-order chi connectivity index (χ1) is 10.4. The van der Waals surface area contributed by atoms with Crippen LogP contribution in [0.3, 0.4) is 0 Å². The van der Waals surface area contributed by atoms with E-state index in [1.807, 2.05) is 0 Å². The van der Waals surface area contributed by atoms with Gasteiger partial charge in [0.15, 0.2) is 0 Å². The van der Waals surface area contributed by atoms with E-state index in [4.69, 9.17) is 0 Å². The van der Waals surface area contributed by atoms with Gasteiger partial charge in [-0.1, -0.05) is 23.5 Å². The van der Waals surface area contributed by atoms with E-state index in [9.17, 15) is 17.6 Å². The van der Waals surface area contributed by atoms with E-state index in [1.54, 1.807) is 6.07 Å². The fourth-order valence-corrected chi connectivity index (χ4v) is 3.85. The van der Waals surface area contributed by atoms with E-state index in [0.717, 1.165) is 11.3 Å². The molecule has 22 heavy (non-hydrogen) atoms. The molecule has 0 atom stereocenters. The summed E-state index contributed by atoms with van der Waals surface area (Å²) >= 11 is 0.953. The Kier molecular flexibility index (Phi) is 3.81. The standard InChI is InChI=1S/C14H11FN2O3S2/c15-10-3-1-9(2-4-10)8-16-22(19,20)11-5-6-12-13(7-11)21-14(18)17-12/h1-7,16H,8H2,(H,17,18). The molecule has 0 aliphatic rings. The van der Waals surface area contributed by atoms with Gasteiger partial charge in [0.2, 0.25) is 10.0 Å². The minimum Gasteiger partial charge on any atom is -0.312 e. The van der Waals surface area contributed by atoms with Crippen LogP contribution in [0.2, 0.25) is 0 Å². The Morgan fingerprint density at radius 2 is 1.86 bits per heavy atom. The number of hydrogen-bond acceptors (Lipinski definition) is 4. The van der Waals surface area contributed by atoms with Crippen LogP contribution in [0.4, 0.5) is 4.39 Å². The molecule has 2 aromatic carbocycles. The summed E-state index contributed by atoms with van der Waals surface area (Å²) in [4.78, 5) is 13.7. The van der Waals surface area contributed by atoms with Crippen LogP contribution in [-0.4, -0.2) is 13.4 Å². The lowest BCUT2D eigenvalue weighted by Gasteiger charge is -2.07. The second-order valence-electron chi connectivity index (χ2n) is 4.62. The van der Waals surface area contributed by atoms with Gasteiger partial charge >= 0.3 is 4.87 Å². The molecule has 0 fully saturated rings. The largest absolute Gasteiger partial charge is 0.312 e. The third-order valence-corrected chi connectivity index (χ3v) is 5.33. The summed E-state index contributed by atoms with van der Waals surface area (Å²) in [5.41, 5.74) is 1.25. The molecule has 0 unspecified atom stereocenters. The summed E-state index contributed by atoms with van der Waals surface area (Å²) in [7, 11) is -3.70. The normalized spacial score (nSPS) is 11.9. The van der Waals surface area contributed by atoms with Gasteiger partial charge < -0.3 is 4.98 Å². The molecule has 0 radical (unpaired) electrons. The van der Waals surface area contributed by atoms with Gasteiger partial charge in [-0.15, -0.1) is 0 Å². The van der Waals surface area contributed by atoms with Crippen LogP contribution < -0.4 is 9.60 Å². The molecule has 0 spiro atoms. The predicted molar refractivity (Wildman–Crippen MR) is 82.9 cm³/mol. The number of benzene rings is 2. The molecule has 0 saturated heterocycles. The van der Waals surface area contributed by atoms with Crippen molar-refractivity contribution in [1.82, 2.24) is 9.71 Å². The van der Waals surface area contributed by atoms with Gasteiger partial charge in [-0.05, 0) is 35.9 Å². The van der Waals surface area contributed by atoms with Crippen LogP contribution in [0.15, 0.2) is 52.2 Å². The Morgan fingerprint density at radius 3 is 2.59 bits per heavy atom. The zero-order valence-corrected chi connectivity index (χ0v) is 12.8. The molecular formula is C14H11FN2O3S2. The molecule has 0 saturated carbocycles. The number of aromatic amines is 1. The van der Waals surface area contributed by atoms with Gasteiger partial charge in [-0.25, -0.2) is 17.5 Å². The van der Waals surface area contributed by atoms with E-state index in [0.29, 0.717) is 15.8 Å². The summed E-state index contributed by atoms with van der Waals surface area (Å²) in [6.45, 7) is 0.0595. The average Bonchev–Trinajstić information content (AvgIpc) is 2.86. The van der Waals surface area contributed by atoms with Gasteiger partial charge in [0.25, 0.3) is 0 Å².